The molecule has 0 fully saturated rings. The van der Waals surface area contributed by atoms with Crippen LogP contribution in [0.4, 0.5) is 0 Å². The third-order valence-corrected chi connectivity index (χ3v) is 3.65. The van der Waals surface area contributed by atoms with E-state index < -0.39 is 0 Å². The lowest BCUT2D eigenvalue weighted by Gasteiger charge is -2.11. The monoisotopic (exact) mass is 267 g/mol. The van der Waals surface area contributed by atoms with Gasteiger partial charge >= 0.3 is 5.97 Å². The van der Waals surface area contributed by atoms with Crippen LogP contribution in [0.1, 0.15) is 30.2 Å². The Kier molecular flexibility index (Phi) is 2.97. The lowest BCUT2D eigenvalue weighted by Crippen LogP contribution is -2.02. The molecule has 3 aromatic rings. The van der Waals surface area contributed by atoms with Crippen molar-refractivity contribution in [3.63, 3.8) is 0 Å². The third-order valence-electron chi connectivity index (χ3n) is 3.65. The number of para-hydroxylation sites is 1. The summed E-state index contributed by atoms with van der Waals surface area (Å²) in [6, 6.07) is 14.4. The van der Waals surface area contributed by atoms with Gasteiger partial charge in [0.1, 0.15) is 0 Å². The van der Waals surface area contributed by atoms with Crippen molar-refractivity contribution in [2.24, 2.45) is 0 Å². The summed E-state index contributed by atoms with van der Waals surface area (Å²) in [6.45, 7) is 4.33. The lowest BCUT2D eigenvalue weighted by molar-refractivity contribution is 0.0601. The quantitative estimate of drug-likeness (QED) is 0.653. The molecule has 0 aliphatic heterocycles. The minimum Gasteiger partial charge on any atom is -0.465 e. The second-order valence-corrected chi connectivity index (χ2v) is 5.20. The molecule has 0 saturated heterocycles. The Bertz CT molecular complexity index is 799. The zero-order valence-corrected chi connectivity index (χ0v) is 11.9. The summed E-state index contributed by atoms with van der Waals surface area (Å²) >= 11 is 0. The number of methoxy groups -OCH3 is 1. The van der Waals surface area contributed by atoms with Gasteiger partial charge in [-0.25, -0.2) is 4.79 Å². The number of aromatic nitrogens is 1. The Hall–Kier alpha value is -2.29. The molecule has 3 nitrogen and oxygen atoms in total. The highest BCUT2D eigenvalue weighted by atomic mass is 16.5. The summed E-state index contributed by atoms with van der Waals surface area (Å²) in [6.07, 6.45) is 0. The molecule has 0 N–H and O–H groups in total. The van der Waals surface area contributed by atoms with Crippen LogP contribution in [0.5, 0.6) is 0 Å². The molecule has 0 amide bonds. The predicted molar refractivity (Wildman–Crippen MR) is 81.2 cm³/mol. The van der Waals surface area contributed by atoms with Gasteiger partial charge in [-0.2, -0.15) is 0 Å². The van der Waals surface area contributed by atoms with Gasteiger partial charge in [0.25, 0.3) is 0 Å². The Balaban J connectivity index is 2.41. The van der Waals surface area contributed by atoms with Gasteiger partial charge in [0.05, 0.1) is 12.7 Å². The summed E-state index contributed by atoms with van der Waals surface area (Å²) < 4.78 is 7.10. The number of hydrogen-bond donors (Lipinski definition) is 0. The molecule has 1 heterocycles. The lowest BCUT2D eigenvalue weighted by atomic mass is 10.1. The first-order valence-electron chi connectivity index (χ1n) is 6.74. The fraction of sp³-hybridized carbons (Fsp3) is 0.235. The number of rotatable bonds is 2. The van der Waals surface area contributed by atoms with Crippen molar-refractivity contribution in [1.82, 2.24) is 4.57 Å². The standard InChI is InChI=1S/C17H17NO2/c1-11(2)18-15-7-5-4-6-13(15)14-10-12(17(19)20-3)8-9-16(14)18/h4-11H,1-3H3. The van der Waals surface area contributed by atoms with Gasteiger partial charge in [0, 0.05) is 27.8 Å². The first-order valence-corrected chi connectivity index (χ1v) is 6.74. The zero-order chi connectivity index (χ0) is 14.3. The van der Waals surface area contributed by atoms with E-state index in [0.29, 0.717) is 11.6 Å². The van der Waals surface area contributed by atoms with E-state index in [2.05, 4.69) is 30.5 Å². The Morgan fingerprint density at radius 2 is 1.75 bits per heavy atom. The van der Waals surface area contributed by atoms with Crippen molar-refractivity contribution in [2.75, 3.05) is 7.11 Å². The van der Waals surface area contributed by atoms with Gasteiger partial charge in [-0.1, -0.05) is 18.2 Å². The van der Waals surface area contributed by atoms with Crippen LogP contribution in [0.25, 0.3) is 21.8 Å². The van der Waals surface area contributed by atoms with Crippen LogP contribution in [0.15, 0.2) is 42.5 Å². The van der Waals surface area contributed by atoms with Crippen LogP contribution in [0, 0.1) is 0 Å². The first kappa shape index (κ1) is 12.7. The predicted octanol–water partition coefficient (Wildman–Crippen LogP) is 4.16. The van der Waals surface area contributed by atoms with Gasteiger partial charge in [-0.05, 0) is 38.1 Å². The van der Waals surface area contributed by atoms with E-state index >= 15 is 0 Å². The summed E-state index contributed by atoms with van der Waals surface area (Å²) in [4.78, 5) is 11.7. The summed E-state index contributed by atoms with van der Waals surface area (Å²) in [7, 11) is 1.41. The van der Waals surface area contributed by atoms with Gasteiger partial charge in [0.2, 0.25) is 0 Å². The normalized spacial score (nSPS) is 11.4. The third kappa shape index (κ3) is 1.78. The molecule has 20 heavy (non-hydrogen) atoms. The maximum atomic E-state index is 11.7. The molecule has 0 atom stereocenters. The van der Waals surface area contributed by atoms with Gasteiger partial charge in [-0.3, -0.25) is 0 Å². The first-order chi connectivity index (χ1) is 9.63. The van der Waals surface area contributed by atoms with Crippen LogP contribution in [-0.4, -0.2) is 17.6 Å². The maximum absolute atomic E-state index is 11.7. The van der Waals surface area contributed by atoms with Crippen molar-refractivity contribution in [2.45, 2.75) is 19.9 Å². The van der Waals surface area contributed by atoms with Gasteiger partial charge < -0.3 is 9.30 Å². The van der Waals surface area contributed by atoms with Crippen LogP contribution >= 0.6 is 0 Å². The van der Waals surface area contributed by atoms with E-state index in [9.17, 15) is 4.79 Å². The molecule has 0 unspecified atom stereocenters. The highest BCUT2D eigenvalue weighted by Gasteiger charge is 2.14. The minimum absolute atomic E-state index is 0.298. The molecule has 102 valence electrons. The number of fused-ring (bicyclic) bond motifs is 3. The number of esters is 1. The minimum atomic E-state index is -0.298. The van der Waals surface area contributed by atoms with Crippen molar-refractivity contribution in [3.8, 4) is 0 Å². The van der Waals surface area contributed by atoms with E-state index in [1.165, 1.54) is 18.0 Å². The summed E-state index contributed by atoms with van der Waals surface area (Å²) in [5.41, 5.74) is 2.93. The van der Waals surface area contributed by atoms with Crippen molar-refractivity contribution >= 4 is 27.8 Å². The molecule has 0 spiro atoms. The molecule has 1 aromatic heterocycles. The van der Waals surface area contributed by atoms with Gasteiger partial charge in [-0.15, -0.1) is 0 Å². The van der Waals surface area contributed by atoms with Crippen molar-refractivity contribution in [3.05, 3.63) is 48.0 Å². The topological polar surface area (TPSA) is 31.2 Å². The fourth-order valence-electron chi connectivity index (χ4n) is 2.80. The smallest absolute Gasteiger partial charge is 0.337 e. The van der Waals surface area contributed by atoms with Gasteiger partial charge in [0.15, 0.2) is 0 Å². The molecular weight excluding hydrogens is 250 g/mol. The zero-order valence-electron chi connectivity index (χ0n) is 11.9. The van der Waals surface area contributed by atoms with E-state index in [1.54, 1.807) is 0 Å². The maximum Gasteiger partial charge on any atom is 0.337 e. The van der Waals surface area contributed by atoms with Crippen LogP contribution < -0.4 is 0 Å². The molecule has 2 aromatic carbocycles. The SMILES string of the molecule is COC(=O)c1ccc2c(c1)c1ccccc1n2C(C)C. The molecule has 0 bridgehead atoms. The molecular formula is C17H17NO2. The van der Waals surface area contributed by atoms with Crippen LogP contribution in [0.2, 0.25) is 0 Å². The number of benzene rings is 2. The second-order valence-electron chi connectivity index (χ2n) is 5.20. The van der Waals surface area contributed by atoms with Crippen LogP contribution in [0.3, 0.4) is 0 Å². The number of hydrogen-bond acceptors (Lipinski definition) is 2. The Morgan fingerprint density at radius 1 is 1.05 bits per heavy atom. The van der Waals surface area contributed by atoms with E-state index in [-0.39, 0.29) is 5.97 Å². The molecule has 0 aliphatic rings. The summed E-state index contributed by atoms with van der Waals surface area (Å²) in [5, 5.41) is 2.26. The molecule has 0 saturated carbocycles. The van der Waals surface area contributed by atoms with E-state index in [1.807, 2.05) is 30.3 Å². The van der Waals surface area contributed by atoms with Crippen LogP contribution in [-0.2, 0) is 4.74 Å². The van der Waals surface area contributed by atoms with E-state index in [0.717, 1.165) is 10.9 Å². The number of carbonyl (C=O) groups is 1. The Morgan fingerprint density at radius 3 is 2.45 bits per heavy atom. The van der Waals surface area contributed by atoms with Crippen molar-refractivity contribution in [1.29, 1.82) is 0 Å². The second kappa shape index (κ2) is 4.67. The molecule has 0 aliphatic carbocycles. The van der Waals surface area contributed by atoms with Crippen molar-refractivity contribution < 1.29 is 9.53 Å². The van der Waals surface area contributed by atoms with E-state index in [4.69, 9.17) is 4.74 Å². The number of carbonyl (C=O) groups excluding carboxylic acids is 1. The summed E-state index contributed by atoms with van der Waals surface area (Å²) in [5.74, 6) is -0.298. The average molecular weight is 267 g/mol. The largest absolute Gasteiger partial charge is 0.465 e. The molecule has 3 heteroatoms. The fourth-order valence-corrected chi connectivity index (χ4v) is 2.80. The number of ether oxygens (including phenoxy) is 1. The molecule has 3 rings (SSSR count). The Labute approximate surface area is 117 Å². The average Bonchev–Trinajstić information content (AvgIpc) is 2.80. The number of nitrogens with zero attached hydrogens (tertiary/aromatic N) is 1. The highest BCUT2D eigenvalue weighted by molar-refractivity contribution is 6.10. The molecule has 0 radical (unpaired) electrons. The highest BCUT2D eigenvalue weighted by Crippen LogP contribution is 2.32.